The second-order valence-electron chi connectivity index (χ2n) is 6.01. The summed E-state index contributed by atoms with van der Waals surface area (Å²) >= 11 is 0. The van der Waals surface area contributed by atoms with Crippen LogP contribution in [0.4, 0.5) is 15.3 Å². The first-order valence-electron chi connectivity index (χ1n) is 8.88. The van der Waals surface area contributed by atoms with E-state index in [9.17, 15) is 9.59 Å². The van der Waals surface area contributed by atoms with Crippen molar-refractivity contribution in [3.63, 3.8) is 0 Å². The Morgan fingerprint density at radius 2 is 2.04 bits per heavy atom. The molecule has 28 heavy (non-hydrogen) atoms. The number of nitrogens with zero attached hydrogens (tertiary/aromatic N) is 3. The Bertz CT molecular complexity index is 1080. The number of nitrogens with one attached hydrogen (secondary N) is 1. The summed E-state index contributed by atoms with van der Waals surface area (Å²) in [5, 5.41) is 2.70. The van der Waals surface area contributed by atoms with Gasteiger partial charge in [-0.1, -0.05) is 6.07 Å². The second kappa shape index (κ2) is 7.18. The van der Waals surface area contributed by atoms with Crippen LogP contribution in [0.1, 0.15) is 25.1 Å². The smallest absolute Gasteiger partial charge is 0.450 e. The van der Waals surface area contributed by atoms with Crippen LogP contribution < -0.4 is 10.1 Å². The van der Waals surface area contributed by atoms with Crippen LogP contribution in [-0.4, -0.2) is 39.8 Å². The Morgan fingerprint density at radius 1 is 1.21 bits per heavy atom. The fraction of sp³-hybridized carbons (Fsp3) is 0.263. The zero-order valence-corrected chi connectivity index (χ0v) is 15.4. The summed E-state index contributed by atoms with van der Waals surface area (Å²) in [6, 6.07) is 5.52. The van der Waals surface area contributed by atoms with Crippen molar-refractivity contribution >= 4 is 23.6 Å². The van der Waals surface area contributed by atoms with E-state index in [2.05, 4.69) is 15.3 Å². The molecule has 9 nitrogen and oxygen atoms in total. The van der Waals surface area contributed by atoms with Crippen molar-refractivity contribution in [1.29, 1.82) is 0 Å². The lowest BCUT2D eigenvalue weighted by Crippen LogP contribution is -2.13. The highest BCUT2D eigenvalue weighted by Crippen LogP contribution is 2.38. The largest absolute Gasteiger partial charge is 0.515 e. The number of carbonyl (C=O) groups is 2. The summed E-state index contributed by atoms with van der Waals surface area (Å²) in [6.45, 7) is 3.94. The lowest BCUT2D eigenvalue weighted by molar-refractivity contribution is 0.103. The first kappa shape index (κ1) is 17.8. The van der Waals surface area contributed by atoms with Crippen molar-refractivity contribution < 1.29 is 23.8 Å². The molecule has 0 bridgehead atoms. The number of benzene rings is 1. The van der Waals surface area contributed by atoms with Crippen molar-refractivity contribution in [3.05, 3.63) is 41.9 Å². The van der Waals surface area contributed by atoms with Gasteiger partial charge >= 0.3 is 12.2 Å². The van der Waals surface area contributed by atoms with E-state index < -0.39 is 12.2 Å². The van der Waals surface area contributed by atoms with Gasteiger partial charge in [0.05, 0.1) is 24.6 Å². The monoisotopic (exact) mass is 382 g/mol. The Kier molecular flexibility index (Phi) is 4.56. The quantitative estimate of drug-likeness (QED) is 0.539. The molecule has 0 atom stereocenters. The Labute approximate surface area is 160 Å². The van der Waals surface area contributed by atoms with Crippen molar-refractivity contribution in [1.82, 2.24) is 14.4 Å². The lowest BCUT2D eigenvalue weighted by atomic mass is 10.1. The number of carbonyl (C=O) groups excluding carboxylic acids is 2. The van der Waals surface area contributed by atoms with Gasteiger partial charge in [0.1, 0.15) is 0 Å². The van der Waals surface area contributed by atoms with Crippen molar-refractivity contribution in [2.45, 2.75) is 20.3 Å². The minimum Gasteiger partial charge on any atom is -0.450 e. The van der Waals surface area contributed by atoms with Gasteiger partial charge in [-0.05, 0) is 31.5 Å². The van der Waals surface area contributed by atoms with E-state index in [0.717, 1.165) is 16.8 Å². The Balaban J connectivity index is 1.71. The third kappa shape index (κ3) is 3.11. The van der Waals surface area contributed by atoms with E-state index >= 15 is 0 Å². The van der Waals surface area contributed by atoms with E-state index in [4.69, 9.17) is 14.2 Å². The number of fused-ring (bicyclic) bond motifs is 5. The van der Waals surface area contributed by atoms with Gasteiger partial charge in [-0.3, -0.25) is 9.72 Å². The molecule has 0 saturated carbocycles. The maximum Gasteiger partial charge on any atom is 0.515 e. The molecule has 0 unspecified atom stereocenters. The van der Waals surface area contributed by atoms with E-state index in [-0.39, 0.29) is 12.5 Å². The van der Waals surface area contributed by atoms with E-state index in [0.29, 0.717) is 30.1 Å². The molecule has 0 radical (unpaired) electrons. The van der Waals surface area contributed by atoms with Crippen LogP contribution in [0.2, 0.25) is 0 Å². The van der Waals surface area contributed by atoms with Crippen LogP contribution in [0.5, 0.6) is 5.88 Å². The molecule has 0 aliphatic heterocycles. The van der Waals surface area contributed by atoms with E-state index in [1.165, 1.54) is 0 Å². The zero-order valence-electron chi connectivity index (χ0n) is 15.4. The predicted molar refractivity (Wildman–Crippen MR) is 99.5 cm³/mol. The van der Waals surface area contributed by atoms with Crippen molar-refractivity contribution in [2.24, 2.45) is 0 Å². The third-order valence-corrected chi connectivity index (χ3v) is 4.29. The number of hydrogen-bond donors (Lipinski definition) is 1. The highest BCUT2D eigenvalue weighted by Gasteiger charge is 2.26. The molecule has 3 aromatic rings. The average Bonchev–Trinajstić information content (AvgIpc) is 3.26. The first-order valence-corrected chi connectivity index (χ1v) is 8.88. The SMILES string of the molecule is CCOC(=O)Nc1ccc2c(c1)Cc1c-2nc(OC(=O)OCC)c2nccn12. The third-order valence-electron chi connectivity index (χ3n) is 4.29. The van der Waals surface area contributed by atoms with Crippen LogP contribution >= 0.6 is 0 Å². The fourth-order valence-electron chi connectivity index (χ4n) is 3.20. The number of amides is 1. The topological polar surface area (TPSA) is 104 Å². The predicted octanol–water partition coefficient (Wildman–Crippen LogP) is 3.40. The van der Waals surface area contributed by atoms with Gasteiger partial charge in [0, 0.05) is 30.1 Å². The molecule has 1 N–H and O–H groups in total. The number of imidazole rings is 1. The molecule has 9 heteroatoms. The zero-order chi connectivity index (χ0) is 19.7. The Morgan fingerprint density at radius 3 is 2.82 bits per heavy atom. The lowest BCUT2D eigenvalue weighted by Gasteiger charge is -2.09. The van der Waals surface area contributed by atoms with Crippen LogP contribution in [0.25, 0.3) is 16.9 Å². The van der Waals surface area contributed by atoms with Crippen LogP contribution in [-0.2, 0) is 15.9 Å². The Hall–Kier alpha value is -3.62. The number of anilines is 1. The summed E-state index contributed by atoms with van der Waals surface area (Å²) in [4.78, 5) is 32.2. The molecule has 1 amide bonds. The average molecular weight is 382 g/mol. The molecule has 0 spiro atoms. The molecule has 1 aromatic carbocycles. The fourth-order valence-corrected chi connectivity index (χ4v) is 3.20. The summed E-state index contributed by atoms with van der Waals surface area (Å²) in [7, 11) is 0. The maximum absolute atomic E-state index is 11.8. The highest BCUT2D eigenvalue weighted by atomic mass is 16.7. The van der Waals surface area contributed by atoms with Gasteiger partial charge in [-0.25, -0.2) is 19.6 Å². The molecule has 2 heterocycles. The van der Waals surface area contributed by atoms with Crippen molar-refractivity contribution in [2.75, 3.05) is 18.5 Å². The maximum atomic E-state index is 11.8. The molecular weight excluding hydrogens is 364 g/mol. The van der Waals surface area contributed by atoms with Crippen LogP contribution in [0.3, 0.4) is 0 Å². The molecule has 1 aliphatic rings. The van der Waals surface area contributed by atoms with Gasteiger partial charge < -0.3 is 14.2 Å². The van der Waals surface area contributed by atoms with Crippen LogP contribution in [0.15, 0.2) is 30.6 Å². The van der Waals surface area contributed by atoms with Gasteiger partial charge in [-0.15, -0.1) is 0 Å². The number of ether oxygens (including phenoxy) is 3. The molecular formula is C19H18N4O5. The minimum atomic E-state index is -0.827. The highest BCUT2D eigenvalue weighted by molar-refractivity contribution is 5.86. The first-order chi connectivity index (χ1) is 13.6. The number of rotatable bonds is 4. The normalized spacial score (nSPS) is 11.6. The van der Waals surface area contributed by atoms with E-state index in [1.807, 2.05) is 16.5 Å². The summed E-state index contributed by atoms with van der Waals surface area (Å²) in [5.41, 5.74) is 4.57. The van der Waals surface area contributed by atoms with Crippen molar-refractivity contribution in [3.8, 4) is 17.1 Å². The molecule has 2 aromatic heterocycles. The van der Waals surface area contributed by atoms with Crippen LogP contribution in [0, 0.1) is 0 Å². The van der Waals surface area contributed by atoms with Gasteiger partial charge in [-0.2, -0.15) is 0 Å². The second-order valence-corrected chi connectivity index (χ2v) is 6.01. The summed E-state index contributed by atoms with van der Waals surface area (Å²) in [5.74, 6) is 0.0868. The molecule has 0 saturated heterocycles. The minimum absolute atomic E-state index is 0.0868. The van der Waals surface area contributed by atoms with Gasteiger partial charge in [0.25, 0.3) is 5.88 Å². The number of aromatic nitrogens is 3. The molecule has 144 valence electrons. The molecule has 0 fully saturated rings. The summed E-state index contributed by atoms with van der Waals surface area (Å²) < 4.78 is 16.8. The summed E-state index contributed by atoms with van der Waals surface area (Å²) in [6.07, 6.45) is 2.68. The standard InChI is InChI=1S/C19H18N4O5/c1-3-26-18(24)21-12-5-6-13-11(9-12)10-14-15(13)22-17(28-19(25)27-4-2)16-20-7-8-23(14)16/h5-9H,3-4,10H2,1-2H3,(H,21,24). The molecule has 1 aliphatic carbocycles. The van der Waals surface area contributed by atoms with Gasteiger partial charge in [0.2, 0.25) is 5.65 Å². The van der Waals surface area contributed by atoms with E-state index in [1.54, 1.807) is 32.3 Å². The number of hydrogen-bond acceptors (Lipinski definition) is 7. The van der Waals surface area contributed by atoms with Gasteiger partial charge in [0.15, 0.2) is 0 Å². The molecule has 4 rings (SSSR count).